The van der Waals surface area contributed by atoms with E-state index >= 15 is 0 Å². The third-order valence-corrected chi connectivity index (χ3v) is 2.58. The van der Waals surface area contributed by atoms with Crippen LogP contribution in [0, 0.1) is 5.82 Å². The fraction of sp³-hybridized carbons (Fsp3) is 0.417. The first-order valence-electron chi connectivity index (χ1n) is 5.50. The largest absolute Gasteiger partial charge is 0.478 e. The molecule has 0 radical (unpaired) electrons. The van der Waals surface area contributed by atoms with Crippen LogP contribution >= 0.6 is 0 Å². The summed E-state index contributed by atoms with van der Waals surface area (Å²) in [6, 6.07) is 4.21. The first-order chi connectivity index (χ1) is 8.06. The van der Waals surface area contributed by atoms with E-state index in [-0.39, 0.29) is 5.56 Å². The Morgan fingerprint density at radius 3 is 2.82 bits per heavy atom. The molecule has 0 atom stereocenters. The average Bonchev–Trinajstić information content (AvgIpc) is 2.28. The van der Waals surface area contributed by atoms with Gasteiger partial charge < -0.3 is 15.3 Å². The smallest absolute Gasteiger partial charge is 0.340 e. The molecule has 5 heteroatoms. The van der Waals surface area contributed by atoms with Gasteiger partial charge in [-0.3, -0.25) is 0 Å². The number of aromatic carboxylic acids is 1. The molecule has 0 unspecified atom stereocenters. The van der Waals surface area contributed by atoms with Crippen LogP contribution < -0.4 is 5.32 Å². The van der Waals surface area contributed by atoms with Crippen LogP contribution in [-0.2, 0) is 0 Å². The maximum atomic E-state index is 13.3. The second-order valence-corrected chi connectivity index (χ2v) is 3.79. The molecule has 0 aromatic heterocycles. The summed E-state index contributed by atoms with van der Waals surface area (Å²) in [4.78, 5) is 13.0. The van der Waals surface area contributed by atoms with Gasteiger partial charge in [-0.2, -0.15) is 0 Å². The molecule has 0 amide bonds. The van der Waals surface area contributed by atoms with Crippen molar-refractivity contribution in [3.63, 3.8) is 0 Å². The summed E-state index contributed by atoms with van der Waals surface area (Å²) in [7, 11) is 1.96. The van der Waals surface area contributed by atoms with Crippen LogP contribution in [0.2, 0.25) is 0 Å². The molecule has 0 aliphatic heterocycles. The van der Waals surface area contributed by atoms with Gasteiger partial charge in [-0.25, -0.2) is 9.18 Å². The van der Waals surface area contributed by atoms with Crippen LogP contribution in [0.15, 0.2) is 18.2 Å². The van der Waals surface area contributed by atoms with Gasteiger partial charge in [0.05, 0.1) is 5.69 Å². The number of hydrogen-bond donors (Lipinski definition) is 2. The Kier molecular flexibility index (Phi) is 4.90. The van der Waals surface area contributed by atoms with E-state index in [0.29, 0.717) is 12.2 Å². The fourth-order valence-corrected chi connectivity index (χ4v) is 1.43. The molecular weight excluding hydrogens is 223 g/mol. The molecule has 0 aliphatic carbocycles. The monoisotopic (exact) mass is 240 g/mol. The lowest BCUT2D eigenvalue weighted by Crippen LogP contribution is -2.25. The molecular formula is C12H17FN2O2. The molecule has 0 fully saturated rings. The summed E-state index contributed by atoms with van der Waals surface area (Å²) >= 11 is 0. The van der Waals surface area contributed by atoms with Gasteiger partial charge >= 0.3 is 5.97 Å². The highest BCUT2D eigenvalue weighted by molar-refractivity contribution is 5.94. The Hall–Kier alpha value is -1.62. The van der Waals surface area contributed by atoms with Crippen molar-refractivity contribution in [1.29, 1.82) is 0 Å². The zero-order chi connectivity index (χ0) is 12.8. The summed E-state index contributed by atoms with van der Waals surface area (Å²) < 4.78 is 13.3. The molecule has 17 heavy (non-hydrogen) atoms. The summed E-state index contributed by atoms with van der Waals surface area (Å²) in [6.45, 7) is 4.29. The lowest BCUT2D eigenvalue weighted by atomic mass is 10.1. The highest BCUT2D eigenvalue weighted by Gasteiger charge is 2.14. The molecule has 1 aromatic carbocycles. The van der Waals surface area contributed by atoms with Crippen LogP contribution in [0.1, 0.15) is 17.3 Å². The molecule has 0 saturated carbocycles. The molecule has 0 aliphatic rings. The van der Waals surface area contributed by atoms with Crippen LogP contribution in [0.3, 0.4) is 0 Å². The van der Waals surface area contributed by atoms with Crippen molar-refractivity contribution >= 4 is 11.7 Å². The first kappa shape index (κ1) is 13.4. The van der Waals surface area contributed by atoms with Crippen LogP contribution in [0.5, 0.6) is 0 Å². The Labute approximate surface area is 100 Å². The average molecular weight is 240 g/mol. The van der Waals surface area contributed by atoms with E-state index in [1.54, 1.807) is 6.07 Å². The quantitative estimate of drug-likeness (QED) is 0.797. The molecule has 0 heterocycles. The number of carbonyl (C=O) groups is 1. The van der Waals surface area contributed by atoms with Gasteiger partial charge in [-0.1, -0.05) is 13.0 Å². The molecule has 1 rings (SSSR count). The van der Waals surface area contributed by atoms with Crippen molar-refractivity contribution in [2.24, 2.45) is 0 Å². The maximum Gasteiger partial charge on any atom is 0.340 e. The molecule has 94 valence electrons. The van der Waals surface area contributed by atoms with E-state index in [1.165, 1.54) is 6.07 Å². The number of nitrogens with zero attached hydrogens (tertiary/aromatic N) is 1. The zero-order valence-corrected chi connectivity index (χ0v) is 10.0. The van der Waals surface area contributed by atoms with Crippen molar-refractivity contribution in [3.05, 3.63) is 29.6 Å². The van der Waals surface area contributed by atoms with Gasteiger partial charge in [0.1, 0.15) is 11.4 Å². The third kappa shape index (κ3) is 3.71. The minimum Gasteiger partial charge on any atom is -0.478 e. The Morgan fingerprint density at radius 2 is 2.24 bits per heavy atom. The highest BCUT2D eigenvalue weighted by Crippen LogP contribution is 2.18. The molecule has 1 aromatic rings. The topological polar surface area (TPSA) is 52.6 Å². The van der Waals surface area contributed by atoms with Gasteiger partial charge in [0.25, 0.3) is 0 Å². The lowest BCUT2D eigenvalue weighted by molar-refractivity contribution is 0.0693. The number of likely N-dealkylation sites (N-methyl/N-ethyl adjacent to an activating group) is 1. The maximum absolute atomic E-state index is 13.3. The predicted octanol–water partition coefficient (Wildman–Crippen LogP) is 1.89. The third-order valence-electron chi connectivity index (χ3n) is 2.58. The normalized spacial score (nSPS) is 10.6. The summed E-state index contributed by atoms with van der Waals surface area (Å²) in [5, 5.41) is 11.8. The lowest BCUT2D eigenvalue weighted by Gasteiger charge is -2.15. The summed E-state index contributed by atoms with van der Waals surface area (Å²) in [5.41, 5.74) is 0.0219. The second-order valence-electron chi connectivity index (χ2n) is 3.79. The zero-order valence-electron chi connectivity index (χ0n) is 10.0. The SMILES string of the molecule is CCN(C)CCNc1cccc(F)c1C(=O)O. The Morgan fingerprint density at radius 1 is 1.53 bits per heavy atom. The second kappa shape index (κ2) is 6.20. The molecule has 4 nitrogen and oxygen atoms in total. The van der Waals surface area contributed by atoms with Gasteiger partial charge in [0.15, 0.2) is 0 Å². The van der Waals surface area contributed by atoms with Crippen LogP contribution in [-0.4, -0.2) is 42.7 Å². The van der Waals surface area contributed by atoms with Gasteiger partial charge in [-0.05, 0) is 25.7 Å². The number of hydrogen-bond acceptors (Lipinski definition) is 3. The number of rotatable bonds is 6. The molecule has 2 N–H and O–H groups in total. The Balaban J connectivity index is 2.71. The summed E-state index contributed by atoms with van der Waals surface area (Å²) in [6.07, 6.45) is 0. The predicted molar refractivity (Wildman–Crippen MR) is 65.0 cm³/mol. The number of benzene rings is 1. The number of carboxylic acid groups (broad SMARTS) is 1. The number of carboxylic acids is 1. The van der Waals surface area contributed by atoms with Crippen molar-refractivity contribution in [1.82, 2.24) is 4.90 Å². The number of nitrogens with one attached hydrogen (secondary N) is 1. The standard InChI is InChI=1S/C12H17FN2O2/c1-3-15(2)8-7-14-10-6-4-5-9(13)11(10)12(16)17/h4-6,14H,3,7-8H2,1-2H3,(H,16,17). The fourth-order valence-electron chi connectivity index (χ4n) is 1.43. The van der Waals surface area contributed by atoms with E-state index in [4.69, 9.17) is 5.11 Å². The number of halogens is 1. The van der Waals surface area contributed by atoms with Gasteiger partial charge in [-0.15, -0.1) is 0 Å². The van der Waals surface area contributed by atoms with Crippen molar-refractivity contribution < 1.29 is 14.3 Å². The summed E-state index contributed by atoms with van der Waals surface area (Å²) in [5.74, 6) is -1.97. The minimum atomic E-state index is -1.26. The van der Waals surface area contributed by atoms with E-state index in [1.807, 2.05) is 14.0 Å². The first-order valence-corrected chi connectivity index (χ1v) is 5.50. The van der Waals surface area contributed by atoms with E-state index in [2.05, 4.69) is 10.2 Å². The van der Waals surface area contributed by atoms with E-state index in [0.717, 1.165) is 19.2 Å². The Bertz CT molecular complexity index is 396. The van der Waals surface area contributed by atoms with Crippen molar-refractivity contribution in [3.8, 4) is 0 Å². The molecule has 0 saturated heterocycles. The van der Waals surface area contributed by atoms with Crippen LogP contribution in [0.25, 0.3) is 0 Å². The van der Waals surface area contributed by atoms with Crippen molar-refractivity contribution in [2.75, 3.05) is 32.0 Å². The molecule has 0 spiro atoms. The van der Waals surface area contributed by atoms with Crippen LogP contribution in [0.4, 0.5) is 10.1 Å². The highest BCUT2D eigenvalue weighted by atomic mass is 19.1. The van der Waals surface area contributed by atoms with Gasteiger partial charge in [0, 0.05) is 13.1 Å². The van der Waals surface area contributed by atoms with Gasteiger partial charge in [0.2, 0.25) is 0 Å². The van der Waals surface area contributed by atoms with Crippen molar-refractivity contribution in [2.45, 2.75) is 6.92 Å². The minimum absolute atomic E-state index is 0.299. The van der Waals surface area contributed by atoms with E-state index in [9.17, 15) is 9.18 Å². The molecule has 0 bridgehead atoms. The van der Waals surface area contributed by atoms with E-state index < -0.39 is 11.8 Å². The number of anilines is 1.